The van der Waals surface area contributed by atoms with Crippen molar-refractivity contribution in [1.82, 2.24) is 20.4 Å². The fourth-order valence-corrected chi connectivity index (χ4v) is 3.11. The van der Waals surface area contributed by atoms with Crippen molar-refractivity contribution >= 4 is 29.1 Å². The van der Waals surface area contributed by atoms with Crippen molar-refractivity contribution in [2.75, 3.05) is 25.5 Å². The lowest BCUT2D eigenvalue weighted by Crippen LogP contribution is -2.43. The van der Waals surface area contributed by atoms with Crippen molar-refractivity contribution in [2.24, 2.45) is 0 Å². The van der Waals surface area contributed by atoms with Crippen molar-refractivity contribution in [2.45, 2.75) is 18.9 Å². The molecule has 1 saturated heterocycles. The van der Waals surface area contributed by atoms with E-state index in [1.54, 1.807) is 0 Å². The van der Waals surface area contributed by atoms with Gasteiger partial charge in [0.15, 0.2) is 5.69 Å². The van der Waals surface area contributed by atoms with E-state index >= 15 is 0 Å². The molecule has 7 nitrogen and oxygen atoms in total. The van der Waals surface area contributed by atoms with Crippen molar-refractivity contribution in [3.05, 3.63) is 46.5 Å². The van der Waals surface area contributed by atoms with Gasteiger partial charge in [0.1, 0.15) is 5.82 Å². The molecule has 0 bridgehead atoms. The van der Waals surface area contributed by atoms with Crippen LogP contribution >= 0.6 is 11.6 Å². The zero-order chi connectivity index (χ0) is 18.7. The molecule has 138 valence electrons. The van der Waals surface area contributed by atoms with Crippen LogP contribution in [0.3, 0.4) is 0 Å². The second kappa shape index (κ2) is 7.84. The van der Waals surface area contributed by atoms with Crippen LogP contribution in [0.15, 0.2) is 24.4 Å². The van der Waals surface area contributed by atoms with E-state index in [9.17, 15) is 14.0 Å². The third kappa shape index (κ3) is 4.03. The average molecular weight is 380 g/mol. The molecule has 0 spiro atoms. The quantitative estimate of drug-likeness (QED) is 0.760. The monoisotopic (exact) mass is 379 g/mol. The number of rotatable bonds is 4. The molecule has 1 aliphatic rings. The number of anilines is 1. The number of hydrogen-bond donors (Lipinski definition) is 3. The van der Waals surface area contributed by atoms with Crippen LogP contribution in [0.2, 0.25) is 5.02 Å². The van der Waals surface area contributed by atoms with Crippen LogP contribution in [0, 0.1) is 5.82 Å². The maximum atomic E-state index is 13.9. The lowest BCUT2D eigenvalue weighted by Gasteiger charge is -2.29. The molecule has 1 aromatic carbocycles. The summed E-state index contributed by atoms with van der Waals surface area (Å²) in [5.41, 5.74) is -0.0680. The second-order valence-electron chi connectivity index (χ2n) is 6.25. The Morgan fingerprint density at radius 3 is 2.73 bits per heavy atom. The topological polar surface area (TPSA) is 90.1 Å². The van der Waals surface area contributed by atoms with Gasteiger partial charge in [0, 0.05) is 12.2 Å². The summed E-state index contributed by atoms with van der Waals surface area (Å²) in [5.74, 6) is -1.88. The first kappa shape index (κ1) is 18.3. The number of halogens is 2. The molecule has 3 rings (SSSR count). The van der Waals surface area contributed by atoms with Gasteiger partial charge in [-0.1, -0.05) is 17.7 Å². The van der Waals surface area contributed by atoms with Gasteiger partial charge in [-0.3, -0.25) is 14.7 Å². The molecule has 0 radical (unpaired) electrons. The predicted molar refractivity (Wildman–Crippen MR) is 95.9 cm³/mol. The molecule has 2 amide bonds. The molecule has 26 heavy (non-hydrogen) atoms. The van der Waals surface area contributed by atoms with Crippen molar-refractivity contribution in [3.63, 3.8) is 0 Å². The van der Waals surface area contributed by atoms with E-state index in [0.717, 1.165) is 32.0 Å². The fourth-order valence-electron chi connectivity index (χ4n) is 2.86. The Morgan fingerprint density at radius 2 is 2.04 bits per heavy atom. The molecule has 0 atom stereocenters. The van der Waals surface area contributed by atoms with Crippen LogP contribution in [0.5, 0.6) is 0 Å². The molecule has 1 aromatic heterocycles. The van der Waals surface area contributed by atoms with Gasteiger partial charge in [0.2, 0.25) is 0 Å². The largest absolute Gasteiger partial charge is 0.348 e. The summed E-state index contributed by atoms with van der Waals surface area (Å²) in [6.07, 6.45) is 3.06. The summed E-state index contributed by atoms with van der Waals surface area (Å²) in [6, 6.07) is 4.03. The minimum Gasteiger partial charge on any atom is -0.348 e. The molecule has 0 saturated carbocycles. The maximum Gasteiger partial charge on any atom is 0.274 e. The minimum atomic E-state index is -0.747. The van der Waals surface area contributed by atoms with Gasteiger partial charge in [0.25, 0.3) is 11.8 Å². The van der Waals surface area contributed by atoms with E-state index in [0.29, 0.717) is 0 Å². The molecule has 1 aliphatic heterocycles. The molecular weight excluding hydrogens is 361 g/mol. The summed E-state index contributed by atoms with van der Waals surface area (Å²) in [5, 5.41) is 11.8. The minimum absolute atomic E-state index is 0.0108. The number of aromatic amines is 1. The summed E-state index contributed by atoms with van der Waals surface area (Å²) >= 11 is 5.90. The number of benzene rings is 1. The molecule has 9 heteroatoms. The van der Waals surface area contributed by atoms with Crippen molar-refractivity contribution in [3.8, 4) is 0 Å². The van der Waals surface area contributed by atoms with Gasteiger partial charge in [-0.05, 0) is 45.1 Å². The molecule has 2 aromatic rings. The Bertz CT molecular complexity index is 797. The molecule has 1 fully saturated rings. The van der Waals surface area contributed by atoms with E-state index in [-0.39, 0.29) is 28.0 Å². The van der Waals surface area contributed by atoms with Crippen LogP contribution < -0.4 is 10.6 Å². The van der Waals surface area contributed by atoms with Crippen LogP contribution in [-0.2, 0) is 0 Å². The first-order valence-corrected chi connectivity index (χ1v) is 8.62. The maximum absolute atomic E-state index is 13.9. The highest BCUT2D eigenvalue weighted by Gasteiger charge is 2.24. The van der Waals surface area contributed by atoms with Gasteiger partial charge in [0.05, 0.1) is 16.3 Å². The third-order valence-corrected chi connectivity index (χ3v) is 4.66. The van der Waals surface area contributed by atoms with Crippen LogP contribution in [-0.4, -0.2) is 53.1 Å². The molecular formula is C17H19ClFN5O2. The first-order chi connectivity index (χ1) is 12.5. The van der Waals surface area contributed by atoms with Gasteiger partial charge >= 0.3 is 0 Å². The lowest BCUT2D eigenvalue weighted by atomic mass is 10.1. The SMILES string of the molecule is CN1CCC(NC(=O)c2n[nH]cc2NC(=O)c2c(F)cccc2Cl)CC1. The Morgan fingerprint density at radius 1 is 1.31 bits per heavy atom. The van der Waals surface area contributed by atoms with E-state index in [1.807, 2.05) is 7.05 Å². The zero-order valence-electron chi connectivity index (χ0n) is 14.2. The fraction of sp³-hybridized carbons (Fsp3) is 0.353. The summed E-state index contributed by atoms with van der Waals surface area (Å²) in [6.45, 7) is 1.81. The highest BCUT2D eigenvalue weighted by molar-refractivity contribution is 6.34. The summed E-state index contributed by atoms with van der Waals surface area (Å²) in [7, 11) is 2.03. The smallest absolute Gasteiger partial charge is 0.274 e. The molecule has 3 N–H and O–H groups in total. The first-order valence-electron chi connectivity index (χ1n) is 8.24. The lowest BCUT2D eigenvalue weighted by molar-refractivity contribution is 0.0912. The standard InChI is InChI=1S/C17H19ClFN5O2/c1-24-7-5-10(6-8-24)21-17(26)15-13(9-20-23-15)22-16(25)14-11(18)3-2-4-12(14)19/h2-4,9-10H,5-8H2,1H3,(H,20,23)(H,21,26)(H,22,25). The van der Waals surface area contributed by atoms with Gasteiger partial charge in [-0.15, -0.1) is 0 Å². The molecule has 0 unspecified atom stereocenters. The zero-order valence-corrected chi connectivity index (χ0v) is 14.9. The Balaban J connectivity index is 1.70. The number of carbonyl (C=O) groups is 2. The normalized spacial score (nSPS) is 15.7. The molecule has 0 aliphatic carbocycles. The number of nitrogens with one attached hydrogen (secondary N) is 3. The number of hydrogen-bond acceptors (Lipinski definition) is 4. The van der Waals surface area contributed by atoms with E-state index in [2.05, 4.69) is 25.7 Å². The number of likely N-dealkylation sites (tertiary alicyclic amines) is 1. The number of piperidine rings is 1. The Kier molecular flexibility index (Phi) is 5.53. The van der Waals surface area contributed by atoms with Gasteiger partial charge < -0.3 is 15.5 Å². The number of carbonyl (C=O) groups excluding carboxylic acids is 2. The van der Waals surface area contributed by atoms with E-state index in [1.165, 1.54) is 18.3 Å². The predicted octanol–water partition coefficient (Wildman–Crippen LogP) is 2.28. The van der Waals surface area contributed by atoms with Crippen LogP contribution in [0.25, 0.3) is 0 Å². The van der Waals surface area contributed by atoms with E-state index < -0.39 is 17.6 Å². The van der Waals surface area contributed by atoms with E-state index in [4.69, 9.17) is 11.6 Å². The number of amides is 2. The summed E-state index contributed by atoms with van der Waals surface area (Å²) < 4.78 is 13.9. The average Bonchev–Trinajstić information content (AvgIpc) is 3.05. The summed E-state index contributed by atoms with van der Waals surface area (Å²) in [4.78, 5) is 27.0. The number of nitrogens with zero attached hydrogens (tertiary/aromatic N) is 2. The second-order valence-corrected chi connectivity index (χ2v) is 6.66. The highest BCUT2D eigenvalue weighted by atomic mass is 35.5. The highest BCUT2D eigenvalue weighted by Crippen LogP contribution is 2.21. The van der Waals surface area contributed by atoms with Crippen molar-refractivity contribution < 1.29 is 14.0 Å². The van der Waals surface area contributed by atoms with Crippen molar-refractivity contribution in [1.29, 1.82) is 0 Å². The van der Waals surface area contributed by atoms with Crippen LogP contribution in [0.4, 0.5) is 10.1 Å². The van der Waals surface area contributed by atoms with Gasteiger partial charge in [-0.25, -0.2) is 4.39 Å². The number of aromatic nitrogens is 2. The Hall–Kier alpha value is -2.45. The third-order valence-electron chi connectivity index (χ3n) is 4.35. The Labute approximate surface area is 154 Å². The van der Waals surface area contributed by atoms with Crippen LogP contribution in [0.1, 0.15) is 33.7 Å². The number of H-pyrrole nitrogens is 1. The van der Waals surface area contributed by atoms with Gasteiger partial charge in [-0.2, -0.15) is 5.10 Å². The molecule has 2 heterocycles.